The molecule has 32 heteroatoms. The Morgan fingerprint density at radius 1 is 0.561 bits per heavy atom. The van der Waals surface area contributed by atoms with Crippen LogP contribution in [0.3, 0.4) is 0 Å². The van der Waals surface area contributed by atoms with Crippen LogP contribution >= 0.6 is 0 Å². The third kappa shape index (κ3) is 18.6. The summed E-state index contributed by atoms with van der Waals surface area (Å²) in [5.74, 6) is -9.56. The maximum absolute atomic E-state index is 15.8. The van der Waals surface area contributed by atoms with E-state index in [1.807, 2.05) is 51.1 Å². The van der Waals surface area contributed by atoms with Gasteiger partial charge in [-0.05, 0) is 163 Å². The second kappa shape index (κ2) is 39.2. The highest BCUT2D eigenvalue weighted by Gasteiger charge is 2.81. The molecule has 13 rings (SSSR count). The fourth-order valence-electron chi connectivity index (χ4n) is 22.2. The zero-order valence-corrected chi connectivity index (χ0v) is 81.8. The minimum atomic E-state index is -3.11. The Morgan fingerprint density at radius 3 is 1.39 bits per heavy atom. The number of nitrogens with one attached hydrogen (secondary N) is 1. The molecule has 4 aromatic rings. The number of amides is 3. The summed E-state index contributed by atoms with van der Waals surface area (Å²) in [6.07, 6.45) is -20.5. The number of carbonyl (C=O) groups excluding carboxylic acids is 10. The highest BCUT2D eigenvalue weighted by atomic mass is 28.4. The molecule has 132 heavy (non-hydrogen) atoms. The summed E-state index contributed by atoms with van der Waals surface area (Å²) >= 11 is 0. The molecule has 4 saturated carbocycles. The number of ketones is 2. The summed E-state index contributed by atoms with van der Waals surface area (Å²) in [5, 5.41) is 65.2. The van der Waals surface area contributed by atoms with E-state index in [0.29, 0.717) is 34.8 Å². The van der Waals surface area contributed by atoms with Gasteiger partial charge in [0.2, 0.25) is 0 Å². The summed E-state index contributed by atoms with van der Waals surface area (Å²) in [5.41, 5.74) is -14.7. The number of esters is 5. The van der Waals surface area contributed by atoms with Gasteiger partial charge in [-0.2, -0.15) is 0 Å². The smallest absolute Gasteiger partial charge is 0.417 e. The number of aliphatic hydroxyl groups excluding tert-OH is 3. The number of methoxy groups -OCH3 is 2. The van der Waals surface area contributed by atoms with E-state index in [1.54, 1.807) is 148 Å². The molecule has 3 amide bonds. The van der Waals surface area contributed by atoms with Gasteiger partial charge in [0.15, 0.2) is 51.6 Å². The molecular weight excluding hydrogens is 1730 g/mol. The predicted octanol–water partition coefficient (Wildman–Crippen LogP) is 13.6. The molecule has 6 N–H and O–H groups in total. The number of ether oxygens (including phenoxy) is 11. The predicted molar refractivity (Wildman–Crippen MR) is 489 cm³/mol. The third-order valence-electron chi connectivity index (χ3n) is 30.1. The first-order valence-electron chi connectivity index (χ1n) is 48.7. The average molecular weight is 1880 g/mol. The molecule has 4 bridgehead atoms. The second-order valence-electron chi connectivity index (χ2n) is 40.1. The molecular formula is C100H138N2O28Si2. The van der Waals surface area contributed by atoms with Crippen molar-refractivity contribution in [1.82, 2.24) is 10.2 Å². The fourth-order valence-corrected chi connectivity index (χ4v) is 27.7. The van der Waals surface area contributed by atoms with E-state index in [0.717, 1.165) is 30.6 Å². The summed E-state index contributed by atoms with van der Waals surface area (Å²) in [4.78, 5) is 139. The van der Waals surface area contributed by atoms with Crippen LogP contribution in [-0.2, 0) is 89.7 Å². The number of likely N-dealkylation sites (tertiary alicyclic amines) is 1. The number of carbonyl (C=O) groups is 10. The van der Waals surface area contributed by atoms with Crippen molar-refractivity contribution in [3.63, 3.8) is 0 Å². The maximum atomic E-state index is 15.8. The normalized spacial score (nSPS) is 33.3. The Kier molecular flexibility index (Phi) is 28.2. The Bertz CT molecular complexity index is 5200. The standard InChI is InChI=1S/C44H55NO14.C36H52O10Si.C20H31NO4Si/c1-23-27(56-38(51)33(48)31(25-16-12-10-13-17-25)45-39(52)59-40(3,4)5)21-44(53)36(57-37(50)26-18-14-11-15-19-26)34-42(8,35(49)32(47)30(23)41(44,6)7)28(54-9)20-29-43(34,22-55-29)58-24(2)46;1-10-47(11-2,12-3)46-28-27-21(4)24(38)19-36(41,33(27,6)7)31(44-32(40)23-16-14-13-15-17-23)29-34(8,30(28)39)25(42-9)18-26-35(29,20-43-26)45-22(5)37;1-7-26(8-2,9-3)25-17-16(15-13-11-10-12-14-15)21(18(17)22)19(23)24-20(4,5)6/h10-19,27-29,31-34,36,47-48,53H,20-22H2,1-9H3,(H,45,52);13-17,24-26,28-29,31,38,41H,10-12,18-20H2,1-9H3;10-14,16-17H,7-9H2,1-6H3/t27-,28-,29+,31-,32+,33+,34-,36-,42+,43-,44+;24-,25-,26+,28+,29-,31-,34+,35-,36+;16-,17+/m000/s1/i2*9D3;. The summed E-state index contributed by atoms with van der Waals surface area (Å²) in [7, 11) is -10.7. The first-order chi connectivity index (χ1) is 64.0. The first-order valence-corrected chi connectivity index (χ1v) is 50.8. The van der Waals surface area contributed by atoms with Crippen molar-refractivity contribution in [2.45, 2.75) is 333 Å². The lowest BCUT2D eigenvalue weighted by molar-refractivity contribution is -0.347. The minimum Gasteiger partial charge on any atom is -0.456 e. The number of imide groups is 1. The van der Waals surface area contributed by atoms with E-state index in [2.05, 4.69) is 26.1 Å². The van der Waals surface area contributed by atoms with Gasteiger partial charge < -0.3 is 91.8 Å². The Labute approximate surface area is 785 Å². The molecule has 7 fully saturated rings. The Balaban J connectivity index is 0.000000214. The van der Waals surface area contributed by atoms with Crippen LogP contribution in [0.5, 0.6) is 0 Å². The van der Waals surface area contributed by atoms with Gasteiger partial charge >= 0.3 is 42.0 Å². The highest BCUT2D eigenvalue weighted by Crippen LogP contribution is 2.68. The van der Waals surface area contributed by atoms with Gasteiger partial charge in [-0.3, -0.25) is 24.0 Å². The van der Waals surface area contributed by atoms with E-state index in [-0.39, 0.29) is 60.7 Å². The molecule has 3 aliphatic heterocycles. The van der Waals surface area contributed by atoms with Crippen molar-refractivity contribution in [1.29, 1.82) is 0 Å². The number of nitrogens with zero attached hydrogens (tertiary/aromatic N) is 1. The molecule has 0 spiro atoms. The van der Waals surface area contributed by atoms with E-state index < -0.39 is 243 Å². The van der Waals surface area contributed by atoms with Gasteiger partial charge in [0.05, 0.1) is 79.6 Å². The average Bonchev–Trinajstić information content (AvgIpc) is 0.668. The number of aliphatic hydroxyl groups is 5. The number of benzene rings is 4. The Morgan fingerprint density at radius 2 is 0.977 bits per heavy atom. The highest BCUT2D eigenvalue weighted by molar-refractivity contribution is 6.74. The molecule has 30 nitrogen and oxygen atoms in total. The third-order valence-corrected chi connectivity index (χ3v) is 39.3. The molecule has 9 aliphatic rings. The number of rotatable bonds is 24. The van der Waals surface area contributed by atoms with Crippen LogP contribution in [0.4, 0.5) is 9.59 Å². The molecule has 6 aliphatic carbocycles. The largest absolute Gasteiger partial charge is 0.456 e. The number of Topliss-reactive ketones (excluding diaryl/α,β-unsaturated/α-hetero) is 2. The van der Waals surface area contributed by atoms with Crippen LogP contribution in [-0.4, -0.2) is 241 Å². The topological polar surface area (TPSA) is 407 Å². The molecule has 22 atom stereocenters. The van der Waals surface area contributed by atoms with Crippen LogP contribution in [0, 0.1) is 33.5 Å². The van der Waals surface area contributed by atoms with Gasteiger partial charge in [-0.15, -0.1) is 0 Å². The molecule has 4 aromatic carbocycles. The summed E-state index contributed by atoms with van der Waals surface area (Å²) in [6.45, 7) is 37.0. The Hall–Kier alpha value is -8.75. The van der Waals surface area contributed by atoms with E-state index >= 15 is 9.59 Å². The summed E-state index contributed by atoms with van der Waals surface area (Å²) < 4.78 is 127. The van der Waals surface area contributed by atoms with Crippen LogP contribution in [0.1, 0.15) is 230 Å². The number of hydrogen-bond donors (Lipinski definition) is 6. The van der Waals surface area contributed by atoms with Crippen molar-refractivity contribution in [3.8, 4) is 0 Å². The van der Waals surface area contributed by atoms with Crippen molar-refractivity contribution in [3.05, 3.63) is 166 Å². The first kappa shape index (κ1) is 95.0. The van der Waals surface area contributed by atoms with Crippen molar-refractivity contribution < 1.29 is 143 Å². The molecule has 3 saturated heterocycles. The zero-order chi connectivity index (χ0) is 103. The quantitative estimate of drug-likeness (QED) is 0.0125. The van der Waals surface area contributed by atoms with Crippen molar-refractivity contribution in [2.75, 3.05) is 27.3 Å². The number of β-lactam (4-membered cyclic amide) rings is 1. The van der Waals surface area contributed by atoms with Crippen molar-refractivity contribution in [2.24, 2.45) is 33.5 Å². The van der Waals surface area contributed by atoms with Crippen molar-refractivity contribution >= 4 is 76.1 Å². The van der Waals surface area contributed by atoms with E-state index in [4.69, 9.17) is 69.2 Å². The zero-order valence-electron chi connectivity index (χ0n) is 85.8. The van der Waals surface area contributed by atoms with E-state index in [9.17, 15) is 63.9 Å². The molecule has 3 heterocycles. The fraction of sp³-hybridized carbons (Fsp3) is 0.620. The van der Waals surface area contributed by atoms with E-state index in [1.165, 1.54) is 51.7 Å². The SMILES string of the molecule is CC[Si](CC)(CC)O[C@H]1C(=O)N(C(=O)OC(C)(C)C)[C@H]1c1ccccc1.[2H]C([2H])([2H])O[C@H]1C[C@H]2OC[C@@]2(OC(C)=O)[C@H]2[C@H](OC(=O)c3ccccc3)[C@]3(O)C[C@H](O)C(C)=C([C@@H](O[Si](CC)(CC)CC)C(=O)[C@]12C)C3(C)C.[2H]C([2H])([2H])O[C@H]1C[C@H]2OC[C@@]2(OC(C)=O)[C@H]2[C@H](OC(=O)c3ccccc3)[C@]3(O)C[C@H](OC(=O)[C@H](O)[C@@H](NC(=O)OC(C)(C)C)c4ccccc4)C(C)=C([C@@H](O)C(=O)[C@]12C)C3(C)C. The summed E-state index contributed by atoms with van der Waals surface area (Å²) in [6, 6.07) is 36.5. The lowest BCUT2D eigenvalue weighted by Crippen LogP contribution is -2.82. The van der Waals surface area contributed by atoms with Crippen LogP contribution in [0.25, 0.3) is 0 Å². The minimum absolute atomic E-state index is 0.0244. The lowest BCUT2D eigenvalue weighted by atomic mass is 9.44. The van der Waals surface area contributed by atoms with Crippen LogP contribution < -0.4 is 5.32 Å². The maximum Gasteiger partial charge on any atom is 0.417 e. The lowest BCUT2D eigenvalue weighted by Gasteiger charge is -2.68. The van der Waals surface area contributed by atoms with Gasteiger partial charge in [0.1, 0.15) is 71.2 Å². The van der Waals surface area contributed by atoms with Crippen LogP contribution in [0.15, 0.2) is 144 Å². The molecule has 0 unspecified atom stereocenters. The monoisotopic (exact) mass is 1880 g/mol. The number of hydrogen-bond acceptors (Lipinski definition) is 28. The van der Waals surface area contributed by atoms with Gasteiger partial charge in [0, 0.05) is 64.4 Å². The van der Waals surface area contributed by atoms with Gasteiger partial charge in [0.25, 0.3) is 5.91 Å². The number of fused-ring (bicyclic) bond motifs is 10. The van der Waals surface area contributed by atoms with Gasteiger partial charge in [-0.25, -0.2) is 28.9 Å². The van der Waals surface area contributed by atoms with Crippen LogP contribution in [0.2, 0.25) is 36.3 Å². The second-order valence-corrected chi connectivity index (χ2v) is 49.6. The number of alkyl carbamates (subject to hydrolysis) is 1. The van der Waals surface area contributed by atoms with Gasteiger partial charge in [-0.1, -0.05) is 166 Å². The molecule has 724 valence electrons. The molecule has 0 radical (unpaired) electrons. The molecule has 0 aromatic heterocycles.